The van der Waals surface area contributed by atoms with E-state index in [1.807, 2.05) is 0 Å². The van der Waals surface area contributed by atoms with Gasteiger partial charge in [-0.05, 0) is 139 Å². The average molecular weight is 956 g/mol. The van der Waals surface area contributed by atoms with Crippen LogP contribution in [-0.4, -0.2) is 123 Å². The first-order valence-electron chi connectivity index (χ1n) is 19.7. The molecule has 6 rings (SSSR count). The van der Waals surface area contributed by atoms with Crippen molar-refractivity contribution >= 4 is 93.0 Å². The zero-order chi connectivity index (χ0) is 40.3. The number of ether oxygens (including phenoxy) is 4. The number of carbonyl (C=O) groups excluding carboxylic acids is 4. The number of esters is 4. The van der Waals surface area contributed by atoms with Gasteiger partial charge < -0.3 is 28.1 Å². The predicted octanol–water partition coefficient (Wildman–Crippen LogP) is 6.76. The van der Waals surface area contributed by atoms with Crippen molar-refractivity contribution in [3.8, 4) is 0 Å². The molecule has 0 saturated heterocycles. The van der Waals surface area contributed by atoms with E-state index in [-0.39, 0.29) is 95.6 Å². The van der Waals surface area contributed by atoms with Crippen LogP contribution in [-0.2, 0) is 39.2 Å². The summed E-state index contributed by atoms with van der Waals surface area (Å²) in [5.74, 6) is -2.93. The molecule has 0 N–H and O–H groups in total. The largest absolute Gasteiger partial charge is 2.00 e. The van der Waals surface area contributed by atoms with Gasteiger partial charge in [-0.25, -0.2) is 36.0 Å². The van der Waals surface area contributed by atoms with Crippen molar-refractivity contribution in [3.63, 3.8) is 0 Å². The maximum absolute atomic E-state index is 12.5. The van der Waals surface area contributed by atoms with Crippen molar-refractivity contribution in [2.75, 3.05) is 0 Å². The number of benzene rings is 2. The molecule has 0 bridgehead atoms. The predicted molar refractivity (Wildman–Crippen MR) is 204 cm³/mol. The van der Waals surface area contributed by atoms with E-state index in [2.05, 4.69) is 0 Å². The molecule has 4 saturated carbocycles. The van der Waals surface area contributed by atoms with Crippen LogP contribution in [0.15, 0.2) is 46.2 Å². The van der Waals surface area contributed by atoms with E-state index in [0.29, 0.717) is 0 Å². The number of carbonyl (C=O) groups is 4. The summed E-state index contributed by atoms with van der Waals surface area (Å²) in [6, 6.07) is 6.33. The quantitative estimate of drug-likeness (QED) is 0.104. The Labute approximate surface area is 375 Å². The van der Waals surface area contributed by atoms with E-state index in [1.54, 1.807) is 0 Å². The minimum Gasteiger partial charge on any atom is -0.744 e. The Balaban J connectivity index is 0.000000248. The van der Waals surface area contributed by atoms with Crippen LogP contribution in [0.2, 0.25) is 0 Å². The van der Waals surface area contributed by atoms with E-state index in [4.69, 9.17) is 18.9 Å². The fraction of sp³-hybridized carbons (Fsp3) is 0.600. The molecule has 2 aromatic rings. The topological polar surface area (TPSA) is 220 Å². The van der Waals surface area contributed by atoms with Crippen molar-refractivity contribution < 1.29 is 64.1 Å². The van der Waals surface area contributed by atoms with Gasteiger partial charge in [-0.2, -0.15) is 0 Å². The van der Waals surface area contributed by atoms with Gasteiger partial charge in [0.1, 0.15) is 44.7 Å². The second-order valence-corrected chi connectivity index (χ2v) is 17.8. The summed E-state index contributed by atoms with van der Waals surface area (Å²) >= 11 is 0. The molecule has 0 heterocycles. The summed E-state index contributed by atoms with van der Waals surface area (Å²) < 4.78 is 90.8. The SMILES string of the molecule is O=C(OC1CCCCC1)c1cc(C(=O)OC2CCCCC2)cc(S(=O)(=O)[O-])c1.O=C(OC1CCCCC1)c1cc(C(=O)OC2CCCCC2)cc(S(=O)(=O)[O-])c1.[Ba+2]. The molecule has 308 valence electrons. The third-order valence-corrected chi connectivity index (χ3v) is 12.3. The normalized spacial score (nSPS) is 18.8. The molecular weight excluding hydrogens is 906 g/mol. The molecular formula is C40H50BaO14S2. The maximum Gasteiger partial charge on any atom is 2.00 e. The Bertz CT molecular complexity index is 1680. The van der Waals surface area contributed by atoms with Crippen molar-refractivity contribution in [3.05, 3.63) is 58.7 Å². The van der Waals surface area contributed by atoms with E-state index < -0.39 is 53.9 Å². The molecule has 4 aliphatic rings. The molecule has 17 heteroatoms. The Kier molecular flexibility index (Phi) is 18.6. The first-order valence-corrected chi connectivity index (χ1v) is 22.5. The third-order valence-electron chi connectivity index (χ3n) is 10.6. The third kappa shape index (κ3) is 15.0. The molecule has 4 aliphatic carbocycles. The van der Waals surface area contributed by atoms with Gasteiger partial charge >= 0.3 is 72.8 Å². The van der Waals surface area contributed by atoms with Crippen LogP contribution in [0.4, 0.5) is 0 Å². The fourth-order valence-electron chi connectivity index (χ4n) is 7.57. The Morgan fingerprint density at radius 2 is 0.579 bits per heavy atom. The van der Waals surface area contributed by atoms with Crippen molar-refractivity contribution in [2.45, 2.75) is 163 Å². The molecule has 0 unspecified atom stereocenters. The number of rotatable bonds is 10. The molecule has 0 atom stereocenters. The van der Waals surface area contributed by atoms with Crippen LogP contribution >= 0.6 is 0 Å². The first-order chi connectivity index (χ1) is 26.7. The second kappa shape index (κ2) is 22.4. The smallest absolute Gasteiger partial charge is 0.744 e. The van der Waals surface area contributed by atoms with Gasteiger partial charge in [0, 0.05) is 0 Å². The van der Waals surface area contributed by atoms with Crippen LogP contribution in [0.25, 0.3) is 0 Å². The second-order valence-electron chi connectivity index (χ2n) is 15.1. The van der Waals surface area contributed by atoms with E-state index >= 15 is 0 Å². The molecule has 0 aliphatic heterocycles. The minimum atomic E-state index is -4.85. The van der Waals surface area contributed by atoms with Gasteiger partial charge in [-0.3, -0.25) is 0 Å². The first kappa shape index (κ1) is 47.4. The van der Waals surface area contributed by atoms with Crippen molar-refractivity contribution in [2.24, 2.45) is 0 Å². The molecule has 0 amide bonds. The van der Waals surface area contributed by atoms with Crippen LogP contribution < -0.4 is 0 Å². The molecule has 0 radical (unpaired) electrons. The van der Waals surface area contributed by atoms with Crippen LogP contribution in [0.3, 0.4) is 0 Å². The number of hydrogen-bond donors (Lipinski definition) is 0. The summed E-state index contributed by atoms with van der Waals surface area (Å²) in [6.07, 6.45) is 17.2. The summed E-state index contributed by atoms with van der Waals surface area (Å²) in [6.45, 7) is 0. The summed E-state index contributed by atoms with van der Waals surface area (Å²) in [4.78, 5) is 48.7. The van der Waals surface area contributed by atoms with Gasteiger partial charge in [0.05, 0.1) is 32.0 Å². The van der Waals surface area contributed by atoms with E-state index in [9.17, 15) is 45.1 Å². The van der Waals surface area contributed by atoms with Gasteiger partial charge in [0.25, 0.3) is 0 Å². The molecule has 2 aromatic carbocycles. The molecule has 14 nitrogen and oxygen atoms in total. The Hall–Kier alpha value is -2.29. The Morgan fingerprint density at radius 1 is 0.386 bits per heavy atom. The number of hydrogen-bond acceptors (Lipinski definition) is 14. The zero-order valence-corrected chi connectivity index (χ0v) is 38.2. The standard InChI is InChI=1S/2C20H26O7S.Ba/c2*21-19(26-16-7-3-1-4-8-16)14-11-15(13-18(12-14)28(23,24)25)20(22)27-17-9-5-2-6-10-17;/h2*11-13,16-17H,1-10H2,(H,23,24,25);/q;;+2/p-2. The van der Waals surface area contributed by atoms with Crippen molar-refractivity contribution in [1.29, 1.82) is 0 Å². The minimum absolute atomic E-state index is 0. The van der Waals surface area contributed by atoms with Crippen LogP contribution in [0.1, 0.15) is 170 Å². The summed E-state index contributed by atoms with van der Waals surface area (Å²) in [7, 11) is -9.69. The summed E-state index contributed by atoms with van der Waals surface area (Å²) in [5.41, 5.74) is -0.507. The van der Waals surface area contributed by atoms with Gasteiger partial charge in [-0.1, -0.05) is 25.7 Å². The Morgan fingerprint density at radius 3 is 0.754 bits per heavy atom. The molecule has 57 heavy (non-hydrogen) atoms. The zero-order valence-electron chi connectivity index (χ0n) is 32.2. The maximum atomic E-state index is 12.5. The monoisotopic (exact) mass is 956 g/mol. The fourth-order valence-corrected chi connectivity index (χ4v) is 8.65. The van der Waals surface area contributed by atoms with E-state index in [0.717, 1.165) is 153 Å². The van der Waals surface area contributed by atoms with Gasteiger partial charge in [0.15, 0.2) is 0 Å². The van der Waals surface area contributed by atoms with Crippen LogP contribution in [0.5, 0.6) is 0 Å². The average Bonchev–Trinajstić information content (AvgIpc) is 3.18. The van der Waals surface area contributed by atoms with Gasteiger partial charge in [-0.15, -0.1) is 0 Å². The summed E-state index contributed by atoms with van der Waals surface area (Å²) in [5, 5.41) is 0. The van der Waals surface area contributed by atoms with Gasteiger partial charge in [0.2, 0.25) is 0 Å². The molecule has 0 aromatic heterocycles. The van der Waals surface area contributed by atoms with Crippen LogP contribution in [0, 0.1) is 0 Å². The molecule has 0 spiro atoms. The van der Waals surface area contributed by atoms with E-state index in [1.165, 1.54) is 12.1 Å². The molecule has 4 fully saturated rings. The van der Waals surface area contributed by atoms with Crippen molar-refractivity contribution in [1.82, 2.24) is 0 Å².